The summed E-state index contributed by atoms with van der Waals surface area (Å²) in [5.41, 5.74) is -2.44. The molecular formula is C23H20Cl2F3N3O5. The molecule has 8 nitrogen and oxygen atoms in total. The largest absolute Gasteiger partial charge is 0.481 e. The van der Waals surface area contributed by atoms with Crippen LogP contribution in [-0.2, 0) is 28.1 Å². The molecule has 0 aliphatic carbocycles. The molecule has 192 valence electrons. The molecule has 0 saturated carbocycles. The van der Waals surface area contributed by atoms with Crippen LogP contribution < -0.4 is 5.69 Å². The number of aromatic nitrogens is 3. The summed E-state index contributed by atoms with van der Waals surface area (Å²) in [7, 11) is 0. The van der Waals surface area contributed by atoms with Gasteiger partial charge in [-0.25, -0.2) is 9.48 Å². The molecule has 0 radical (unpaired) electrons. The predicted molar refractivity (Wildman–Crippen MR) is 125 cm³/mol. The van der Waals surface area contributed by atoms with Crippen molar-refractivity contribution in [3.63, 3.8) is 0 Å². The molecule has 1 aromatic heterocycles. The minimum Gasteiger partial charge on any atom is -0.481 e. The van der Waals surface area contributed by atoms with E-state index in [-0.39, 0.29) is 22.0 Å². The number of benzene rings is 2. The average Bonchev–Trinajstić information content (AvgIpc) is 3.08. The van der Waals surface area contributed by atoms with Gasteiger partial charge in [-0.3, -0.25) is 14.2 Å². The number of carboxylic acid groups (broad SMARTS) is 1. The fraction of sp³-hybridized carbons (Fsp3) is 0.304. The number of Topliss-reactive ketones (excluding diaryl/α,β-unsaturated/α-hetero) is 1. The number of hydrogen-bond acceptors (Lipinski definition) is 5. The third-order valence-corrected chi connectivity index (χ3v) is 6.16. The Balaban J connectivity index is 1.98. The van der Waals surface area contributed by atoms with Gasteiger partial charge in [-0.2, -0.15) is 13.2 Å². The van der Waals surface area contributed by atoms with Gasteiger partial charge in [0.05, 0.1) is 12.0 Å². The van der Waals surface area contributed by atoms with Gasteiger partial charge in [0.1, 0.15) is 6.54 Å². The number of alkyl halides is 3. The molecule has 2 aromatic carbocycles. The van der Waals surface area contributed by atoms with E-state index in [0.29, 0.717) is 14.3 Å². The highest BCUT2D eigenvalue weighted by atomic mass is 35.5. The Kier molecular flexibility index (Phi) is 7.97. The Hall–Kier alpha value is -3.15. The van der Waals surface area contributed by atoms with E-state index in [1.165, 1.54) is 43.3 Å². The lowest BCUT2D eigenvalue weighted by molar-refractivity contribution is -0.207. The number of hydrogen-bond donors (Lipinski definition) is 2. The van der Waals surface area contributed by atoms with E-state index in [9.17, 15) is 37.8 Å². The molecule has 36 heavy (non-hydrogen) atoms. The second-order valence-electron chi connectivity index (χ2n) is 8.27. The molecule has 0 amide bonds. The standard InChI is InChI=1S/C23H20Cl2F3N3O5/c1-22(20(34)35,16-4-2-3-5-17(16)25)10-15(32)11-31-21(36)30(12-18(33)23(26,27)28)19(29-31)13-6-8-14(24)9-7-13/h2-9,18,33H,10-12H2,1H3,(H,34,35)/t18-,22+/m0/s1. The Bertz CT molecular complexity index is 1340. The summed E-state index contributed by atoms with van der Waals surface area (Å²) < 4.78 is 40.2. The van der Waals surface area contributed by atoms with Crippen LogP contribution in [0.1, 0.15) is 18.9 Å². The third kappa shape index (κ3) is 5.80. The second kappa shape index (κ2) is 10.5. The number of aliphatic carboxylic acids is 1. The van der Waals surface area contributed by atoms with Crippen molar-refractivity contribution < 1.29 is 33.0 Å². The first kappa shape index (κ1) is 27.4. The maximum absolute atomic E-state index is 13.0. The summed E-state index contributed by atoms with van der Waals surface area (Å²) in [6, 6.07) is 11.8. The molecule has 0 bridgehead atoms. The fourth-order valence-electron chi connectivity index (χ4n) is 3.61. The maximum atomic E-state index is 13.0. The first-order valence-electron chi connectivity index (χ1n) is 10.4. The Labute approximate surface area is 212 Å². The van der Waals surface area contributed by atoms with Gasteiger partial charge in [0, 0.05) is 22.0 Å². The lowest BCUT2D eigenvalue weighted by Crippen LogP contribution is -2.39. The molecular weight excluding hydrogens is 526 g/mol. The SMILES string of the molecule is C[C@](CC(=O)Cn1nc(-c2ccc(Cl)cc2)n(C[C@H](O)C(F)(F)F)c1=O)(C(=O)O)c1ccccc1Cl. The van der Waals surface area contributed by atoms with Crippen LogP contribution in [0.5, 0.6) is 0 Å². The summed E-state index contributed by atoms with van der Waals surface area (Å²) in [5, 5.41) is 23.8. The number of nitrogens with zero attached hydrogens (tertiary/aromatic N) is 3. The fourth-order valence-corrected chi connectivity index (χ4v) is 4.08. The van der Waals surface area contributed by atoms with E-state index < -0.39 is 54.6 Å². The number of rotatable bonds is 9. The lowest BCUT2D eigenvalue weighted by atomic mass is 9.78. The van der Waals surface area contributed by atoms with Crippen molar-refractivity contribution >= 4 is 35.0 Å². The van der Waals surface area contributed by atoms with E-state index in [0.717, 1.165) is 0 Å². The number of aliphatic hydroxyl groups is 1. The molecule has 3 rings (SSSR count). The topological polar surface area (TPSA) is 114 Å². The Morgan fingerprint density at radius 3 is 2.25 bits per heavy atom. The first-order valence-corrected chi connectivity index (χ1v) is 11.2. The quantitative estimate of drug-likeness (QED) is 0.421. The van der Waals surface area contributed by atoms with Gasteiger partial charge < -0.3 is 10.2 Å². The van der Waals surface area contributed by atoms with Crippen molar-refractivity contribution in [2.75, 3.05) is 0 Å². The van der Waals surface area contributed by atoms with Crippen molar-refractivity contribution in [3.05, 3.63) is 74.6 Å². The van der Waals surface area contributed by atoms with Crippen LogP contribution in [0.4, 0.5) is 13.2 Å². The van der Waals surface area contributed by atoms with Crippen LogP contribution >= 0.6 is 23.2 Å². The molecule has 0 aliphatic rings. The smallest absolute Gasteiger partial charge is 0.416 e. The number of aliphatic hydroxyl groups excluding tert-OH is 1. The van der Waals surface area contributed by atoms with Gasteiger partial charge in [-0.05, 0) is 42.8 Å². The highest BCUT2D eigenvalue weighted by Gasteiger charge is 2.41. The number of ketones is 1. The summed E-state index contributed by atoms with van der Waals surface area (Å²) >= 11 is 12.0. The molecule has 0 saturated heterocycles. The number of carboxylic acids is 1. The van der Waals surface area contributed by atoms with Gasteiger partial charge in [-0.1, -0.05) is 41.4 Å². The van der Waals surface area contributed by atoms with Gasteiger partial charge in [0.25, 0.3) is 0 Å². The van der Waals surface area contributed by atoms with E-state index in [1.54, 1.807) is 12.1 Å². The molecule has 0 aliphatic heterocycles. The third-order valence-electron chi connectivity index (χ3n) is 5.58. The van der Waals surface area contributed by atoms with Crippen molar-refractivity contribution in [2.24, 2.45) is 0 Å². The van der Waals surface area contributed by atoms with Crippen LogP contribution in [-0.4, -0.2) is 48.6 Å². The number of carbonyl (C=O) groups is 2. The summed E-state index contributed by atoms with van der Waals surface area (Å²) in [6.45, 7) is -0.586. The summed E-state index contributed by atoms with van der Waals surface area (Å²) in [4.78, 5) is 37.9. The van der Waals surface area contributed by atoms with Gasteiger partial charge in [-0.15, -0.1) is 5.10 Å². The molecule has 1 heterocycles. The molecule has 2 atom stereocenters. The van der Waals surface area contributed by atoms with Crippen LogP contribution in [0.15, 0.2) is 53.3 Å². The van der Waals surface area contributed by atoms with Crippen LogP contribution in [0.25, 0.3) is 11.4 Å². The van der Waals surface area contributed by atoms with E-state index in [1.807, 2.05) is 0 Å². The van der Waals surface area contributed by atoms with Crippen LogP contribution in [0, 0.1) is 0 Å². The number of carbonyl (C=O) groups excluding carboxylic acids is 1. The molecule has 3 aromatic rings. The highest BCUT2D eigenvalue weighted by molar-refractivity contribution is 6.31. The first-order chi connectivity index (χ1) is 16.7. The zero-order valence-electron chi connectivity index (χ0n) is 18.7. The zero-order valence-corrected chi connectivity index (χ0v) is 20.2. The zero-order chi connectivity index (χ0) is 26.8. The van der Waals surface area contributed by atoms with Crippen LogP contribution in [0.2, 0.25) is 10.0 Å². The van der Waals surface area contributed by atoms with Crippen LogP contribution in [0.3, 0.4) is 0 Å². The molecule has 0 unspecified atom stereocenters. The van der Waals surface area contributed by atoms with Crippen molar-refractivity contribution in [1.29, 1.82) is 0 Å². The lowest BCUT2D eigenvalue weighted by Gasteiger charge is -2.25. The van der Waals surface area contributed by atoms with Crippen molar-refractivity contribution in [1.82, 2.24) is 14.3 Å². The predicted octanol–water partition coefficient (Wildman–Crippen LogP) is 3.94. The minimum atomic E-state index is -5.01. The van der Waals surface area contributed by atoms with E-state index in [4.69, 9.17) is 23.2 Å². The van der Waals surface area contributed by atoms with Gasteiger partial charge in [0.2, 0.25) is 0 Å². The minimum absolute atomic E-state index is 0.128. The highest BCUT2D eigenvalue weighted by Crippen LogP contribution is 2.34. The van der Waals surface area contributed by atoms with E-state index >= 15 is 0 Å². The normalized spacial score (nSPS) is 14.3. The summed E-state index contributed by atoms with van der Waals surface area (Å²) in [6.07, 6.45) is -8.45. The Morgan fingerprint density at radius 1 is 1.08 bits per heavy atom. The molecule has 0 fully saturated rings. The monoisotopic (exact) mass is 545 g/mol. The summed E-state index contributed by atoms with van der Waals surface area (Å²) in [5.74, 6) is -2.30. The van der Waals surface area contributed by atoms with E-state index in [2.05, 4.69) is 5.10 Å². The van der Waals surface area contributed by atoms with Gasteiger partial charge >= 0.3 is 17.8 Å². The second-order valence-corrected chi connectivity index (χ2v) is 9.11. The number of halogens is 5. The van der Waals surface area contributed by atoms with Crippen molar-refractivity contribution in [2.45, 2.75) is 44.1 Å². The molecule has 0 spiro atoms. The maximum Gasteiger partial charge on any atom is 0.416 e. The Morgan fingerprint density at radius 2 is 1.69 bits per heavy atom. The molecule has 2 N–H and O–H groups in total. The molecule has 13 heteroatoms. The average molecular weight is 546 g/mol. The van der Waals surface area contributed by atoms with Crippen molar-refractivity contribution in [3.8, 4) is 11.4 Å². The van der Waals surface area contributed by atoms with Gasteiger partial charge in [0.15, 0.2) is 17.7 Å².